The van der Waals surface area contributed by atoms with Crippen molar-refractivity contribution in [3.8, 4) is 5.82 Å². The van der Waals surface area contributed by atoms with Gasteiger partial charge >= 0.3 is 0 Å². The molecule has 2 aromatic rings. The summed E-state index contributed by atoms with van der Waals surface area (Å²) in [4.78, 5) is 6.61. The number of hydrogen-bond acceptors (Lipinski definition) is 5. The summed E-state index contributed by atoms with van der Waals surface area (Å²) in [5.41, 5.74) is 1.07. The van der Waals surface area contributed by atoms with Gasteiger partial charge in [-0.15, -0.1) is 0 Å². The molecule has 1 fully saturated rings. The van der Waals surface area contributed by atoms with Crippen molar-refractivity contribution in [1.29, 1.82) is 0 Å². The zero-order chi connectivity index (χ0) is 15.0. The molecule has 6 nitrogen and oxygen atoms in total. The van der Waals surface area contributed by atoms with Crippen LogP contribution in [0.4, 0.5) is 5.82 Å². The van der Waals surface area contributed by atoms with E-state index in [0.717, 1.165) is 17.2 Å². The molecular weight excluding hydrogens is 288 g/mol. The topological polar surface area (TPSA) is 68.1 Å². The van der Waals surface area contributed by atoms with E-state index < -0.39 is 9.84 Å². The summed E-state index contributed by atoms with van der Waals surface area (Å²) < 4.78 is 25.3. The SMILES string of the molecule is Cc1cnn(-c2cccc(N3CCS(=O)(=O)[C@@H](C)C3)n2)c1. The van der Waals surface area contributed by atoms with Crippen LogP contribution in [0.5, 0.6) is 0 Å². The number of anilines is 1. The molecule has 2 aromatic heterocycles. The minimum atomic E-state index is -2.95. The van der Waals surface area contributed by atoms with E-state index in [9.17, 15) is 8.42 Å². The van der Waals surface area contributed by atoms with Crippen LogP contribution in [0.2, 0.25) is 0 Å². The Labute approximate surface area is 124 Å². The first-order chi connectivity index (χ1) is 9.95. The lowest BCUT2D eigenvalue weighted by atomic mass is 10.3. The second kappa shape index (κ2) is 5.14. The standard InChI is InChI=1S/C14H18N4O2S/c1-11-8-15-18(9-11)14-5-3-4-13(16-14)17-6-7-21(19,20)12(2)10-17/h3-5,8-9,12H,6-7,10H2,1-2H3/t12-/m0/s1. The van der Waals surface area contributed by atoms with Crippen molar-refractivity contribution in [2.24, 2.45) is 0 Å². The number of hydrogen-bond donors (Lipinski definition) is 0. The van der Waals surface area contributed by atoms with E-state index in [0.29, 0.717) is 13.1 Å². The van der Waals surface area contributed by atoms with Gasteiger partial charge in [-0.3, -0.25) is 0 Å². The van der Waals surface area contributed by atoms with Crippen molar-refractivity contribution in [3.05, 3.63) is 36.2 Å². The molecule has 0 bridgehead atoms. The summed E-state index contributed by atoms with van der Waals surface area (Å²) in [5.74, 6) is 1.71. The molecule has 1 aliphatic heterocycles. The van der Waals surface area contributed by atoms with Gasteiger partial charge in [0.15, 0.2) is 15.7 Å². The van der Waals surface area contributed by atoms with Crippen LogP contribution >= 0.6 is 0 Å². The Bertz CT molecular complexity index is 754. The molecule has 0 radical (unpaired) electrons. The highest BCUT2D eigenvalue weighted by Gasteiger charge is 2.29. The van der Waals surface area contributed by atoms with E-state index in [4.69, 9.17) is 0 Å². The molecule has 0 unspecified atom stereocenters. The fraction of sp³-hybridized carbons (Fsp3) is 0.429. The van der Waals surface area contributed by atoms with Gasteiger partial charge in [0, 0.05) is 19.3 Å². The molecule has 0 amide bonds. The van der Waals surface area contributed by atoms with E-state index in [1.165, 1.54) is 0 Å². The third kappa shape index (κ3) is 2.78. The minimum Gasteiger partial charge on any atom is -0.354 e. The summed E-state index contributed by atoms with van der Waals surface area (Å²) in [5, 5.41) is 3.89. The lowest BCUT2D eigenvalue weighted by Gasteiger charge is -2.31. The van der Waals surface area contributed by atoms with Crippen LogP contribution in [0.1, 0.15) is 12.5 Å². The van der Waals surface area contributed by atoms with Crippen molar-refractivity contribution in [1.82, 2.24) is 14.8 Å². The zero-order valence-corrected chi connectivity index (χ0v) is 12.9. The Kier molecular flexibility index (Phi) is 3.44. The van der Waals surface area contributed by atoms with Gasteiger partial charge in [0.1, 0.15) is 5.82 Å². The van der Waals surface area contributed by atoms with Crippen LogP contribution in [0, 0.1) is 6.92 Å². The number of rotatable bonds is 2. The Morgan fingerprint density at radius 2 is 2.05 bits per heavy atom. The molecule has 1 atom stereocenters. The van der Waals surface area contributed by atoms with Crippen molar-refractivity contribution >= 4 is 15.7 Å². The molecule has 7 heteroatoms. The fourth-order valence-corrected chi connectivity index (χ4v) is 3.70. The number of aryl methyl sites for hydroxylation is 1. The van der Waals surface area contributed by atoms with Crippen LogP contribution in [0.25, 0.3) is 5.82 Å². The predicted octanol–water partition coefficient (Wildman–Crippen LogP) is 1.20. The van der Waals surface area contributed by atoms with Gasteiger partial charge in [0.25, 0.3) is 0 Å². The van der Waals surface area contributed by atoms with Crippen molar-refractivity contribution in [3.63, 3.8) is 0 Å². The van der Waals surface area contributed by atoms with Gasteiger partial charge in [-0.1, -0.05) is 6.07 Å². The summed E-state index contributed by atoms with van der Waals surface area (Å²) in [6.45, 7) is 4.70. The maximum absolute atomic E-state index is 11.8. The lowest BCUT2D eigenvalue weighted by molar-refractivity contribution is 0.568. The average Bonchev–Trinajstić information content (AvgIpc) is 2.89. The van der Waals surface area contributed by atoms with Crippen molar-refractivity contribution in [2.75, 3.05) is 23.7 Å². The second-order valence-electron chi connectivity index (χ2n) is 5.44. The van der Waals surface area contributed by atoms with Gasteiger partial charge in [0.2, 0.25) is 0 Å². The molecule has 0 aliphatic carbocycles. The Hall–Kier alpha value is -1.89. The molecule has 21 heavy (non-hydrogen) atoms. The fourth-order valence-electron chi connectivity index (χ4n) is 2.42. The first-order valence-electron chi connectivity index (χ1n) is 6.91. The summed E-state index contributed by atoms with van der Waals surface area (Å²) >= 11 is 0. The van der Waals surface area contributed by atoms with Crippen molar-refractivity contribution < 1.29 is 8.42 Å². The van der Waals surface area contributed by atoms with Gasteiger partial charge in [0.05, 0.1) is 17.2 Å². The molecule has 0 saturated carbocycles. The van der Waals surface area contributed by atoms with Gasteiger partial charge in [-0.25, -0.2) is 18.1 Å². The molecule has 0 spiro atoms. The summed E-state index contributed by atoms with van der Waals surface area (Å²) in [7, 11) is -2.95. The zero-order valence-electron chi connectivity index (χ0n) is 12.1. The third-order valence-corrected chi connectivity index (χ3v) is 5.85. The molecule has 0 N–H and O–H groups in total. The van der Waals surface area contributed by atoms with Crippen LogP contribution in [-0.2, 0) is 9.84 Å². The first kappa shape index (κ1) is 14.1. The van der Waals surface area contributed by atoms with E-state index in [-0.39, 0.29) is 11.0 Å². The van der Waals surface area contributed by atoms with E-state index in [2.05, 4.69) is 10.1 Å². The van der Waals surface area contributed by atoms with E-state index in [1.54, 1.807) is 17.8 Å². The van der Waals surface area contributed by atoms with Gasteiger partial charge in [-0.05, 0) is 31.5 Å². The van der Waals surface area contributed by atoms with Crippen LogP contribution in [0.3, 0.4) is 0 Å². The highest BCUT2D eigenvalue weighted by Crippen LogP contribution is 2.19. The van der Waals surface area contributed by atoms with Crippen LogP contribution in [0.15, 0.2) is 30.6 Å². The summed E-state index contributed by atoms with van der Waals surface area (Å²) in [6, 6.07) is 5.72. The van der Waals surface area contributed by atoms with E-state index in [1.807, 2.05) is 36.2 Å². The molecule has 3 heterocycles. The number of pyridine rings is 1. The smallest absolute Gasteiger partial charge is 0.156 e. The predicted molar refractivity (Wildman–Crippen MR) is 81.6 cm³/mol. The number of nitrogens with zero attached hydrogens (tertiary/aromatic N) is 4. The minimum absolute atomic E-state index is 0.182. The normalized spacial score (nSPS) is 21.4. The third-order valence-electron chi connectivity index (χ3n) is 3.73. The Morgan fingerprint density at radius 3 is 2.71 bits per heavy atom. The van der Waals surface area contributed by atoms with Gasteiger partial charge < -0.3 is 4.90 Å². The van der Waals surface area contributed by atoms with Crippen LogP contribution < -0.4 is 4.90 Å². The maximum Gasteiger partial charge on any atom is 0.156 e. The molecule has 1 saturated heterocycles. The van der Waals surface area contributed by atoms with Crippen molar-refractivity contribution in [2.45, 2.75) is 19.1 Å². The first-order valence-corrected chi connectivity index (χ1v) is 8.62. The monoisotopic (exact) mass is 306 g/mol. The van der Waals surface area contributed by atoms with E-state index >= 15 is 0 Å². The quantitative estimate of drug-likeness (QED) is 0.834. The molecule has 1 aliphatic rings. The Morgan fingerprint density at radius 1 is 1.29 bits per heavy atom. The highest BCUT2D eigenvalue weighted by molar-refractivity contribution is 7.92. The molecule has 0 aromatic carbocycles. The Balaban J connectivity index is 1.87. The largest absolute Gasteiger partial charge is 0.354 e. The molecular formula is C14H18N4O2S. The number of aromatic nitrogens is 3. The second-order valence-corrected chi connectivity index (χ2v) is 7.98. The lowest BCUT2D eigenvalue weighted by Crippen LogP contribution is -2.45. The van der Waals surface area contributed by atoms with Gasteiger partial charge in [-0.2, -0.15) is 5.10 Å². The maximum atomic E-state index is 11.8. The number of sulfone groups is 1. The molecule has 3 rings (SSSR count). The summed E-state index contributed by atoms with van der Waals surface area (Å²) in [6.07, 6.45) is 3.69. The molecule has 112 valence electrons. The average molecular weight is 306 g/mol. The highest BCUT2D eigenvalue weighted by atomic mass is 32.2. The van der Waals surface area contributed by atoms with Crippen LogP contribution in [-0.4, -0.2) is 47.3 Å².